The van der Waals surface area contributed by atoms with Crippen LogP contribution in [0.5, 0.6) is 0 Å². The van der Waals surface area contributed by atoms with Crippen LogP contribution in [0.4, 0.5) is 0 Å². The summed E-state index contributed by atoms with van der Waals surface area (Å²) in [6.45, 7) is 1.13. The highest BCUT2D eigenvalue weighted by molar-refractivity contribution is 5.80. The molecule has 1 atom stereocenters. The lowest BCUT2D eigenvalue weighted by Gasteiger charge is -2.35. The second kappa shape index (κ2) is 5.87. The molecule has 1 saturated heterocycles. The zero-order valence-electron chi connectivity index (χ0n) is 12.9. The zero-order valence-corrected chi connectivity index (χ0v) is 12.9. The zero-order chi connectivity index (χ0) is 15.6. The Kier molecular flexibility index (Phi) is 3.57. The monoisotopic (exact) mass is 309 g/mol. The molecule has 1 aliphatic rings. The van der Waals surface area contributed by atoms with E-state index >= 15 is 0 Å². The predicted molar refractivity (Wildman–Crippen MR) is 86.6 cm³/mol. The molecule has 3 heterocycles. The van der Waals surface area contributed by atoms with Gasteiger partial charge in [-0.1, -0.05) is 12.1 Å². The first-order valence-electron chi connectivity index (χ1n) is 8.01. The smallest absolute Gasteiger partial charge is 0.243 e. The third-order valence-corrected chi connectivity index (χ3v) is 4.54. The quantitative estimate of drug-likeness (QED) is 0.808. The molecule has 0 aliphatic carbocycles. The molecule has 0 spiro atoms. The fourth-order valence-electron chi connectivity index (χ4n) is 3.38. The number of carbonyl (C=O) groups excluding carboxylic acids is 1. The maximum absolute atomic E-state index is 12.9. The fraction of sp³-hybridized carbons (Fsp3) is 0.353. The molecule has 1 aliphatic heterocycles. The Labute approximate surface area is 134 Å². The first-order chi connectivity index (χ1) is 11.3. The second-order valence-electron chi connectivity index (χ2n) is 5.97. The summed E-state index contributed by atoms with van der Waals surface area (Å²) >= 11 is 0. The average molecular weight is 309 g/mol. The number of hydrogen-bond acceptors (Lipinski definition) is 3. The summed E-state index contributed by atoms with van der Waals surface area (Å²) in [5.41, 5.74) is 2.94. The number of fused-ring (bicyclic) bond motifs is 1. The van der Waals surface area contributed by atoms with Gasteiger partial charge in [0.15, 0.2) is 0 Å². The van der Waals surface area contributed by atoms with Crippen molar-refractivity contribution in [3.63, 3.8) is 0 Å². The lowest BCUT2D eigenvalue weighted by atomic mass is 9.99. The number of para-hydroxylation sites is 2. The molecule has 0 unspecified atom stereocenters. The van der Waals surface area contributed by atoms with Crippen LogP contribution in [-0.2, 0) is 11.3 Å². The van der Waals surface area contributed by atoms with E-state index in [0.717, 1.165) is 42.5 Å². The number of likely N-dealkylation sites (tertiary alicyclic amines) is 1. The molecule has 23 heavy (non-hydrogen) atoms. The van der Waals surface area contributed by atoms with Crippen LogP contribution in [0.25, 0.3) is 11.0 Å². The molecular formula is C17H19N5O. The molecule has 6 nitrogen and oxygen atoms in total. The van der Waals surface area contributed by atoms with E-state index in [2.05, 4.69) is 15.2 Å². The van der Waals surface area contributed by atoms with E-state index in [4.69, 9.17) is 0 Å². The lowest BCUT2D eigenvalue weighted by Crippen LogP contribution is -2.40. The van der Waals surface area contributed by atoms with Gasteiger partial charge in [-0.3, -0.25) is 9.89 Å². The Hall–Kier alpha value is -2.63. The van der Waals surface area contributed by atoms with Crippen LogP contribution >= 0.6 is 0 Å². The van der Waals surface area contributed by atoms with Gasteiger partial charge in [-0.05, 0) is 37.5 Å². The molecule has 1 fully saturated rings. The van der Waals surface area contributed by atoms with Crippen molar-refractivity contribution in [2.45, 2.75) is 31.8 Å². The largest absolute Gasteiger partial charge is 0.333 e. The highest BCUT2D eigenvalue weighted by atomic mass is 16.2. The van der Waals surface area contributed by atoms with Gasteiger partial charge in [-0.15, -0.1) is 0 Å². The number of piperidine rings is 1. The summed E-state index contributed by atoms with van der Waals surface area (Å²) in [6.07, 6.45) is 6.68. The van der Waals surface area contributed by atoms with Crippen LogP contribution in [-0.4, -0.2) is 37.1 Å². The molecule has 6 heteroatoms. The van der Waals surface area contributed by atoms with Crippen molar-refractivity contribution in [3.05, 3.63) is 48.5 Å². The van der Waals surface area contributed by atoms with Crippen LogP contribution in [0.3, 0.4) is 0 Å². The number of aromatic nitrogens is 4. The Morgan fingerprint density at radius 1 is 1.26 bits per heavy atom. The SMILES string of the molecule is O=C(Cn1cnc2ccccc21)N1CCCC[C@H]1c1ccn[nH]1. The second-order valence-corrected chi connectivity index (χ2v) is 5.97. The van der Waals surface area contributed by atoms with E-state index in [-0.39, 0.29) is 11.9 Å². The van der Waals surface area contributed by atoms with Crippen molar-refractivity contribution in [1.82, 2.24) is 24.6 Å². The van der Waals surface area contributed by atoms with Gasteiger partial charge in [0, 0.05) is 12.7 Å². The van der Waals surface area contributed by atoms with Crippen molar-refractivity contribution in [2.75, 3.05) is 6.54 Å². The minimum atomic E-state index is 0.105. The van der Waals surface area contributed by atoms with Crippen LogP contribution in [0.1, 0.15) is 31.0 Å². The fourth-order valence-corrected chi connectivity index (χ4v) is 3.38. The number of rotatable bonds is 3. The molecule has 1 amide bonds. The third-order valence-electron chi connectivity index (χ3n) is 4.54. The lowest BCUT2D eigenvalue weighted by molar-refractivity contribution is -0.135. The minimum absolute atomic E-state index is 0.105. The van der Waals surface area contributed by atoms with E-state index in [1.54, 1.807) is 12.5 Å². The van der Waals surface area contributed by atoms with Gasteiger partial charge in [0.1, 0.15) is 6.54 Å². The van der Waals surface area contributed by atoms with Crippen LogP contribution in [0, 0.1) is 0 Å². The number of carbonyl (C=O) groups is 1. The van der Waals surface area contributed by atoms with Crippen LogP contribution in [0.15, 0.2) is 42.9 Å². The molecule has 0 radical (unpaired) electrons. The molecule has 0 bridgehead atoms. The molecule has 1 aromatic carbocycles. The number of hydrogen-bond donors (Lipinski definition) is 1. The topological polar surface area (TPSA) is 66.8 Å². The van der Waals surface area contributed by atoms with Gasteiger partial charge in [0.25, 0.3) is 0 Å². The van der Waals surface area contributed by atoms with Gasteiger partial charge >= 0.3 is 0 Å². The third kappa shape index (κ3) is 2.60. The summed E-state index contributed by atoms with van der Waals surface area (Å²) in [7, 11) is 0. The molecule has 118 valence electrons. The van der Waals surface area contributed by atoms with Gasteiger partial charge in [-0.25, -0.2) is 4.98 Å². The summed E-state index contributed by atoms with van der Waals surface area (Å²) < 4.78 is 1.93. The Morgan fingerprint density at radius 3 is 3.04 bits per heavy atom. The highest BCUT2D eigenvalue weighted by Gasteiger charge is 2.29. The average Bonchev–Trinajstić information content (AvgIpc) is 3.25. The van der Waals surface area contributed by atoms with Gasteiger partial charge in [0.05, 0.1) is 29.1 Å². The van der Waals surface area contributed by atoms with E-state index in [0.29, 0.717) is 6.54 Å². The molecule has 4 rings (SSSR count). The summed E-state index contributed by atoms with van der Waals surface area (Å²) in [6, 6.07) is 9.96. The van der Waals surface area contributed by atoms with Crippen molar-refractivity contribution in [2.24, 2.45) is 0 Å². The molecule has 1 N–H and O–H groups in total. The predicted octanol–water partition coefficient (Wildman–Crippen LogP) is 2.51. The number of H-pyrrole nitrogens is 1. The maximum atomic E-state index is 12.9. The maximum Gasteiger partial charge on any atom is 0.243 e. The number of aromatic amines is 1. The number of nitrogens with one attached hydrogen (secondary N) is 1. The Bertz CT molecular complexity index is 807. The van der Waals surface area contributed by atoms with Gasteiger partial charge in [-0.2, -0.15) is 5.10 Å². The van der Waals surface area contributed by atoms with Crippen molar-refractivity contribution in [3.8, 4) is 0 Å². The minimum Gasteiger partial charge on any atom is -0.333 e. The Morgan fingerprint density at radius 2 is 2.17 bits per heavy atom. The number of benzene rings is 1. The van der Waals surface area contributed by atoms with Crippen molar-refractivity contribution in [1.29, 1.82) is 0 Å². The number of imidazole rings is 1. The summed E-state index contributed by atoms with van der Waals surface area (Å²) in [4.78, 5) is 19.2. The normalized spacial score (nSPS) is 18.4. The number of amides is 1. The van der Waals surface area contributed by atoms with E-state index in [1.807, 2.05) is 39.8 Å². The van der Waals surface area contributed by atoms with Crippen LogP contribution in [0.2, 0.25) is 0 Å². The first-order valence-corrected chi connectivity index (χ1v) is 8.01. The van der Waals surface area contributed by atoms with Gasteiger partial charge < -0.3 is 9.47 Å². The van der Waals surface area contributed by atoms with Crippen molar-refractivity contribution < 1.29 is 4.79 Å². The van der Waals surface area contributed by atoms with E-state index in [1.165, 1.54) is 0 Å². The summed E-state index contributed by atoms with van der Waals surface area (Å²) in [5, 5.41) is 7.05. The molecule has 2 aromatic heterocycles. The Balaban J connectivity index is 1.57. The van der Waals surface area contributed by atoms with E-state index < -0.39 is 0 Å². The highest BCUT2D eigenvalue weighted by Crippen LogP contribution is 2.30. The van der Waals surface area contributed by atoms with E-state index in [9.17, 15) is 4.79 Å². The molecule has 0 saturated carbocycles. The summed E-state index contributed by atoms with van der Waals surface area (Å²) in [5.74, 6) is 0.132. The molecule has 3 aromatic rings. The molecular weight excluding hydrogens is 290 g/mol. The number of nitrogens with zero attached hydrogens (tertiary/aromatic N) is 4. The first kappa shape index (κ1) is 14.0. The van der Waals surface area contributed by atoms with Gasteiger partial charge in [0.2, 0.25) is 5.91 Å². The standard InChI is InChI=1S/C17H19N5O/c23-17(11-21-12-18-13-5-1-2-6-15(13)21)22-10-4-3-7-16(22)14-8-9-19-20-14/h1-2,5-6,8-9,12,16H,3-4,7,10-11H2,(H,19,20)/t16-/m0/s1. The van der Waals surface area contributed by atoms with Crippen molar-refractivity contribution >= 4 is 16.9 Å². The van der Waals surface area contributed by atoms with Crippen LogP contribution < -0.4 is 0 Å².